The number of carbonyl (C=O) groups is 1. The number of pyridine rings is 1. The molecule has 1 aliphatic heterocycles. The van der Waals surface area contributed by atoms with Gasteiger partial charge in [0.1, 0.15) is 4.64 Å². The first kappa shape index (κ1) is 16.9. The summed E-state index contributed by atoms with van der Waals surface area (Å²) >= 11 is 5.13. The Kier molecular flexibility index (Phi) is 5.77. The van der Waals surface area contributed by atoms with E-state index in [2.05, 4.69) is 39.5 Å². The number of benzene rings is 1. The summed E-state index contributed by atoms with van der Waals surface area (Å²) in [7, 11) is 0. The van der Waals surface area contributed by atoms with E-state index in [0.717, 1.165) is 12.1 Å². The monoisotopic (exact) mass is 341 g/mol. The Morgan fingerprint density at radius 3 is 2.50 bits per heavy atom. The summed E-state index contributed by atoms with van der Waals surface area (Å²) in [5.41, 5.74) is 2.93. The normalized spacial score (nSPS) is 15.2. The van der Waals surface area contributed by atoms with Crippen molar-refractivity contribution in [3.05, 3.63) is 63.9 Å². The minimum Gasteiger partial charge on any atom is -0.352 e. The van der Waals surface area contributed by atoms with Gasteiger partial charge in [0.05, 0.1) is 5.56 Å². The number of rotatable bonds is 5. The lowest BCUT2D eigenvalue weighted by Crippen LogP contribution is -2.29. The summed E-state index contributed by atoms with van der Waals surface area (Å²) in [6.45, 7) is 3.93. The zero-order valence-electron chi connectivity index (χ0n) is 13.8. The van der Waals surface area contributed by atoms with Gasteiger partial charge in [0.15, 0.2) is 0 Å². The van der Waals surface area contributed by atoms with Crippen LogP contribution in [-0.2, 0) is 13.1 Å². The summed E-state index contributed by atoms with van der Waals surface area (Å²) in [5.74, 6) is -0.144. The molecule has 1 saturated heterocycles. The molecule has 0 spiro atoms. The molecule has 1 amide bonds. The first-order valence-corrected chi connectivity index (χ1v) is 8.89. The Labute approximate surface area is 147 Å². The quantitative estimate of drug-likeness (QED) is 0.816. The fraction of sp³-hybridized carbons (Fsp3) is 0.368. The molecule has 1 fully saturated rings. The topological polar surface area (TPSA) is 48.1 Å². The van der Waals surface area contributed by atoms with Crippen LogP contribution in [0.15, 0.2) is 42.6 Å². The molecule has 2 N–H and O–H groups in total. The molecule has 2 aromatic rings. The van der Waals surface area contributed by atoms with Gasteiger partial charge in [0.25, 0.3) is 5.91 Å². The molecule has 2 heterocycles. The van der Waals surface area contributed by atoms with Gasteiger partial charge in [-0.25, -0.2) is 0 Å². The smallest absolute Gasteiger partial charge is 0.254 e. The molecule has 4 nitrogen and oxygen atoms in total. The fourth-order valence-electron chi connectivity index (χ4n) is 3.02. The van der Waals surface area contributed by atoms with E-state index in [-0.39, 0.29) is 5.91 Å². The lowest BCUT2D eigenvalue weighted by atomic mass is 10.1. The fourth-order valence-corrected chi connectivity index (χ4v) is 3.24. The Morgan fingerprint density at radius 2 is 1.79 bits per heavy atom. The molecular weight excluding hydrogens is 318 g/mol. The van der Waals surface area contributed by atoms with Gasteiger partial charge in [-0.05, 0) is 49.2 Å². The van der Waals surface area contributed by atoms with Crippen LogP contribution < -0.4 is 5.32 Å². The van der Waals surface area contributed by atoms with E-state index < -0.39 is 0 Å². The first-order chi connectivity index (χ1) is 11.7. The predicted molar refractivity (Wildman–Crippen MR) is 98.4 cm³/mol. The molecule has 1 aromatic carbocycles. The maximum atomic E-state index is 12.2. The number of nitrogens with zero attached hydrogens (tertiary/aromatic N) is 1. The maximum absolute atomic E-state index is 12.2. The molecule has 0 radical (unpaired) electrons. The van der Waals surface area contributed by atoms with Gasteiger partial charge in [-0.15, -0.1) is 0 Å². The maximum Gasteiger partial charge on any atom is 0.254 e. The standard InChI is InChI=1S/C19H23N3OS/c23-18(17-5-4-10-20-19(17)24)21-13-15-6-8-16(9-7-15)14-22-11-2-1-3-12-22/h4-10H,1-3,11-14H2,(H,20,24)(H,21,23). The van der Waals surface area contributed by atoms with E-state index >= 15 is 0 Å². The van der Waals surface area contributed by atoms with E-state index in [1.165, 1.54) is 37.9 Å². The van der Waals surface area contributed by atoms with Crippen LogP contribution in [0.5, 0.6) is 0 Å². The highest BCUT2D eigenvalue weighted by atomic mass is 32.1. The zero-order valence-corrected chi connectivity index (χ0v) is 14.6. The van der Waals surface area contributed by atoms with E-state index in [1.54, 1.807) is 18.3 Å². The molecule has 3 rings (SSSR count). The molecule has 126 valence electrons. The zero-order chi connectivity index (χ0) is 16.8. The minimum absolute atomic E-state index is 0.144. The summed E-state index contributed by atoms with van der Waals surface area (Å²) in [5, 5.41) is 2.92. The Balaban J connectivity index is 1.53. The van der Waals surface area contributed by atoms with Gasteiger partial charge >= 0.3 is 0 Å². The molecule has 5 heteroatoms. The van der Waals surface area contributed by atoms with E-state index in [4.69, 9.17) is 12.2 Å². The second kappa shape index (κ2) is 8.22. The van der Waals surface area contributed by atoms with Crippen molar-refractivity contribution in [1.29, 1.82) is 0 Å². The number of carbonyl (C=O) groups excluding carboxylic acids is 1. The molecule has 0 aliphatic carbocycles. The average Bonchev–Trinajstić information content (AvgIpc) is 2.62. The molecule has 0 atom stereocenters. The Morgan fingerprint density at radius 1 is 1.08 bits per heavy atom. The third-order valence-corrected chi connectivity index (χ3v) is 4.73. The number of piperidine rings is 1. The average molecular weight is 341 g/mol. The van der Waals surface area contributed by atoms with Crippen molar-refractivity contribution >= 4 is 18.1 Å². The molecule has 24 heavy (non-hydrogen) atoms. The van der Waals surface area contributed by atoms with Crippen LogP contribution in [0, 0.1) is 4.64 Å². The molecule has 1 aromatic heterocycles. The highest BCUT2D eigenvalue weighted by Crippen LogP contribution is 2.13. The number of nitrogens with one attached hydrogen (secondary N) is 2. The van der Waals surface area contributed by atoms with Crippen LogP contribution in [0.3, 0.4) is 0 Å². The van der Waals surface area contributed by atoms with Gasteiger partial charge in [0, 0.05) is 19.3 Å². The lowest BCUT2D eigenvalue weighted by Gasteiger charge is -2.26. The van der Waals surface area contributed by atoms with E-state index in [0.29, 0.717) is 16.7 Å². The number of likely N-dealkylation sites (tertiary alicyclic amines) is 1. The summed E-state index contributed by atoms with van der Waals surface area (Å²) in [6.07, 6.45) is 5.71. The Bertz CT molecular complexity index is 733. The summed E-state index contributed by atoms with van der Waals surface area (Å²) in [6, 6.07) is 12.0. The number of hydrogen-bond acceptors (Lipinski definition) is 3. The van der Waals surface area contributed by atoms with Crippen molar-refractivity contribution in [3.8, 4) is 0 Å². The van der Waals surface area contributed by atoms with Crippen molar-refractivity contribution in [1.82, 2.24) is 15.2 Å². The molecule has 0 unspecified atom stereocenters. The van der Waals surface area contributed by atoms with Crippen molar-refractivity contribution in [3.63, 3.8) is 0 Å². The highest BCUT2D eigenvalue weighted by molar-refractivity contribution is 7.71. The summed E-state index contributed by atoms with van der Waals surface area (Å²) < 4.78 is 0.465. The van der Waals surface area contributed by atoms with Crippen LogP contribution in [0.2, 0.25) is 0 Å². The van der Waals surface area contributed by atoms with E-state index in [9.17, 15) is 4.79 Å². The first-order valence-electron chi connectivity index (χ1n) is 8.48. The van der Waals surface area contributed by atoms with Gasteiger partial charge < -0.3 is 10.3 Å². The predicted octanol–water partition coefficient (Wildman–Crippen LogP) is 3.66. The van der Waals surface area contributed by atoms with Crippen molar-refractivity contribution in [2.75, 3.05) is 13.1 Å². The molecule has 0 saturated carbocycles. The van der Waals surface area contributed by atoms with Crippen LogP contribution in [0.4, 0.5) is 0 Å². The minimum atomic E-state index is -0.144. The molecule has 0 bridgehead atoms. The number of H-pyrrole nitrogens is 1. The van der Waals surface area contributed by atoms with Gasteiger partial charge in [-0.2, -0.15) is 0 Å². The van der Waals surface area contributed by atoms with Gasteiger partial charge in [0.2, 0.25) is 0 Å². The molecule has 1 aliphatic rings. The second-order valence-electron chi connectivity index (χ2n) is 6.25. The number of hydrogen-bond donors (Lipinski definition) is 2. The third kappa shape index (κ3) is 4.52. The van der Waals surface area contributed by atoms with E-state index in [1.807, 2.05) is 0 Å². The third-order valence-electron chi connectivity index (χ3n) is 4.39. The van der Waals surface area contributed by atoms with Crippen LogP contribution in [0.25, 0.3) is 0 Å². The molecular formula is C19H23N3OS. The SMILES string of the molecule is O=C(NCc1ccc(CN2CCCCC2)cc1)c1ccc[nH]c1=S. The second-order valence-corrected chi connectivity index (χ2v) is 6.66. The van der Waals surface area contributed by atoms with Crippen molar-refractivity contribution < 1.29 is 4.79 Å². The highest BCUT2D eigenvalue weighted by Gasteiger charge is 2.10. The van der Waals surface area contributed by atoms with Crippen molar-refractivity contribution in [2.45, 2.75) is 32.4 Å². The number of amides is 1. The van der Waals surface area contributed by atoms with Crippen LogP contribution >= 0.6 is 12.2 Å². The van der Waals surface area contributed by atoms with Crippen molar-refractivity contribution in [2.24, 2.45) is 0 Å². The number of aromatic amines is 1. The van der Waals surface area contributed by atoms with Gasteiger partial charge in [-0.3, -0.25) is 9.69 Å². The Hall–Kier alpha value is -1.98. The largest absolute Gasteiger partial charge is 0.352 e. The summed E-state index contributed by atoms with van der Waals surface area (Å²) in [4.78, 5) is 17.5. The van der Waals surface area contributed by atoms with Crippen LogP contribution in [-0.4, -0.2) is 28.9 Å². The van der Waals surface area contributed by atoms with Crippen LogP contribution in [0.1, 0.15) is 40.7 Å². The number of aromatic nitrogens is 1. The van der Waals surface area contributed by atoms with Gasteiger partial charge in [-0.1, -0.05) is 42.9 Å². The lowest BCUT2D eigenvalue weighted by molar-refractivity contribution is 0.0950.